The van der Waals surface area contributed by atoms with Crippen LogP contribution >= 0.6 is 0 Å². The van der Waals surface area contributed by atoms with Gasteiger partial charge in [0.1, 0.15) is 5.82 Å². The van der Waals surface area contributed by atoms with Gasteiger partial charge in [-0.25, -0.2) is 4.39 Å². The normalized spacial score (nSPS) is 18.2. The Balaban J connectivity index is 1.63. The average Bonchev–Trinajstić information content (AvgIpc) is 3.05. The third-order valence-corrected chi connectivity index (χ3v) is 4.48. The van der Waals surface area contributed by atoms with E-state index >= 15 is 0 Å². The van der Waals surface area contributed by atoms with E-state index in [0.717, 1.165) is 25.8 Å². The SMILES string of the molecule is CC(=O)NCCC1CCCCN1Cc1nnc(-c2cccc(F)c2)o1. The Morgan fingerprint density at radius 1 is 1.40 bits per heavy atom. The largest absolute Gasteiger partial charge is 0.419 e. The number of carbonyl (C=O) groups excluding carboxylic acids is 1. The number of hydrogen-bond donors (Lipinski definition) is 1. The van der Waals surface area contributed by atoms with E-state index in [4.69, 9.17) is 4.42 Å². The molecule has 0 bridgehead atoms. The maximum absolute atomic E-state index is 13.3. The number of benzene rings is 1. The van der Waals surface area contributed by atoms with Gasteiger partial charge in [0.2, 0.25) is 17.7 Å². The number of aromatic nitrogens is 2. The zero-order valence-electron chi connectivity index (χ0n) is 14.4. The monoisotopic (exact) mass is 346 g/mol. The van der Waals surface area contributed by atoms with Gasteiger partial charge in [-0.3, -0.25) is 9.69 Å². The van der Waals surface area contributed by atoms with Gasteiger partial charge < -0.3 is 9.73 Å². The highest BCUT2D eigenvalue weighted by Gasteiger charge is 2.24. The molecular formula is C18H23FN4O2. The molecule has 7 heteroatoms. The molecule has 1 aromatic carbocycles. The first-order valence-corrected chi connectivity index (χ1v) is 8.68. The highest BCUT2D eigenvalue weighted by atomic mass is 19.1. The van der Waals surface area contributed by atoms with Crippen molar-refractivity contribution in [1.82, 2.24) is 20.4 Å². The third kappa shape index (κ3) is 4.85. The summed E-state index contributed by atoms with van der Waals surface area (Å²) in [6, 6.07) is 6.53. The maximum atomic E-state index is 13.3. The molecule has 1 saturated heterocycles. The second-order valence-electron chi connectivity index (χ2n) is 6.40. The van der Waals surface area contributed by atoms with Crippen molar-refractivity contribution in [3.63, 3.8) is 0 Å². The number of rotatable bonds is 6. The van der Waals surface area contributed by atoms with E-state index in [-0.39, 0.29) is 11.7 Å². The Morgan fingerprint density at radius 3 is 3.08 bits per heavy atom. The van der Waals surface area contributed by atoms with E-state index in [0.29, 0.717) is 36.5 Å². The zero-order chi connectivity index (χ0) is 17.6. The van der Waals surface area contributed by atoms with E-state index in [9.17, 15) is 9.18 Å². The summed E-state index contributed by atoms with van der Waals surface area (Å²) in [6.45, 7) is 3.76. The summed E-state index contributed by atoms with van der Waals surface area (Å²) in [5.74, 6) is 0.539. The van der Waals surface area contributed by atoms with Crippen LogP contribution in [0.3, 0.4) is 0 Å². The molecule has 1 unspecified atom stereocenters. The predicted molar refractivity (Wildman–Crippen MR) is 91.0 cm³/mol. The summed E-state index contributed by atoms with van der Waals surface area (Å²) in [7, 11) is 0. The number of halogens is 1. The van der Waals surface area contributed by atoms with Crippen LogP contribution in [0.15, 0.2) is 28.7 Å². The second-order valence-corrected chi connectivity index (χ2v) is 6.40. The van der Waals surface area contributed by atoms with Crippen LogP contribution in [-0.2, 0) is 11.3 Å². The van der Waals surface area contributed by atoms with Crippen molar-refractivity contribution in [1.29, 1.82) is 0 Å². The first-order chi connectivity index (χ1) is 12.1. The Morgan fingerprint density at radius 2 is 2.28 bits per heavy atom. The lowest BCUT2D eigenvalue weighted by atomic mass is 9.99. The Labute approximate surface area is 146 Å². The quantitative estimate of drug-likeness (QED) is 0.871. The molecule has 1 aromatic heterocycles. The van der Waals surface area contributed by atoms with Gasteiger partial charge in [0.05, 0.1) is 6.54 Å². The first kappa shape index (κ1) is 17.5. The fourth-order valence-electron chi connectivity index (χ4n) is 3.24. The van der Waals surface area contributed by atoms with E-state index in [1.54, 1.807) is 12.1 Å². The lowest BCUT2D eigenvalue weighted by Gasteiger charge is -2.34. The van der Waals surface area contributed by atoms with Crippen LogP contribution in [0.5, 0.6) is 0 Å². The summed E-state index contributed by atoms with van der Waals surface area (Å²) >= 11 is 0. The van der Waals surface area contributed by atoms with Crippen LogP contribution in [0.25, 0.3) is 11.5 Å². The summed E-state index contributed by atoms with van der Waals surface area (Å²) in [4.78, 5) is 13.4. The number of piperidine rings is 1. The van der Waals surface area contributed by atoms with E-state index in [1.165, 1.54) is 25.5 Å². The molecule has 1 amide bonds. The van der Waals surface area contributed by atoms with Crippen LogP contribution in [0.2, 0.25) is 0 Å². The number of carbonyl (C=O) groups is 1. The Kier molecular flexibility index (Phi) is 5.75. The lowest BCUT2D eigenvalue weighted by Crippen LogP contribution is -2.41. The number of likely N-dealkylation sites (tertiary alicyclic amines) is 1. The topological polar surface area (TPSA) is 71.3 Å². The van der Waals surface area contributed by atoms with Crippen molar-refractivity contribution < 1.29 is 13.6 Å². The molecular weight excluding hydrogens is 323 g/mol. The number of nitrogens with zero attached hydrogens (tertiary/aromatic N) is 3. The fourth-order valence-corrected chi connectivity index (χ4v) is 3.24. The molecule has 1 aliphatic heterocycles. The van der Waals surface area contributed by atoms with Crippen molar-refractivity contribution >= 4 is 5.91 Å². The molecule has 2 heterocycles. The minimum absolute atomic E-state index is 0.000930. The van der Waals surface area contributed by atoms with Crippen LogP contribution in [0.1, 0.15) is 38.5 Å². The smallest absolute Gasteiger partial charge is 0.247 e. The molecule has 0 spiro atoms. The predicted octanol–water partition coefficient (Wildman–Crippen LogP) is 2.76. The van der Waals surface area contributed by atoms with E-state index in [1.807, 2.05) is 0 Å². The summed E-state index contributed by atoms with van der Waals surface area (Å²) in [6.07, 6.45) is 4.34. The van der Waals surface area contributed by atoms with Crippen molar-refractivity contribution in [2.24, 2.45) is 0 Å². The van der Waals surface area contributed by atoms with Crippen LogP contribution in [-0.4, -0.2) is 40.1 Å². The van der Waals surface area contributed by atoms with Crippen LogP contribution in [0.4, 0.5) is 4.39 Å². The van der Waals surface area contributed by atoms with E-state index in [2.05, 4.69) is 20.4 Å². The molecule has 25 heavy (non-hydrogen) atoms. The van der Waals surface area contributed by atoms with Gasteiger partial charge in [-0.1, -0.05) is 12.5 Å². The second kappa shape index (κ2) is 8.20. The zero-order valence-corrected chi connectivity index (χ0v) is 14.4. The molecule has 0 aliphatic carbocycles. The molecule has 1 atom stereocenters. The van der Waals surface area contributed by atoms with Gasteiger partial charge in [0, 0.05) is 25.1 Å². The standard InChI is InChI=1S/C18H23FN4O2/c1-13(24)20-9-8-16-7-2-3-10-23(16)12-17-21-22-18(25-17)14-5-4-6-15(19)11-14/h4-6,11,16H,2-3,7-10,12H2,1H3,(H,20,24). The number of amides is 1. The van der Waals surface area contributed by atoms with Crippen molar-refractivity contribution in [2.45, 2.75) is 45.2 Å². The minimum atomic E-state index is -0.327. The van der Waals surface area contributed by atoms with Gasteiger partial charge in [-0.2, -0.15) is 0 Å². The molecule has 0 saturated carbocycles. The van der Waals surface area contributed by atoms with Crippen molar-refractivity contribution in [2.75, 3.05) is 13.1 Å². The minimum Gasteiger partial charge on any atom is -0.419 e. The van der Waals surface area contributed by atoms with Crippen LogP contribution < -0.4 is 5.32 Å². The highest BCUT2D eigenvalue weighted by Crippen LogP contribution is 2.23. The Bertz CT molecular complexity index is 719. The number of hydrogen-bond acceptors (Lipinski definition) is 5. The highest BCUT2D eigenvalue weighted by molar-refractivity contribution is 5.72. The van der Waals surface area contributed by atoms with Gasteiger partial charge in [0.15, 0.2) is 0 Å². The molecule has 1 N–H and O–H groups in total. The van der Waals surface area contributed by atoms with Gasteiger partial charge in [-0.15, -0.1) is 10.2 Å². The molecule has 134 valence electrons. The molecule has 0 radical (unpaired) electrons. The van der Waals surface area contributed by atoms with Gasteiger partial charge in [-0.05, 0) is 44.0 Å². The fraction of sp³-hybridized carbons (Fsp3) is 0.500. The molecule has 1 aliphatic rings. The van der Waals surface area contributed by atoms with Crippen LogP contribution in [0, 0.1) is 5.82 Å². The molecule has 1 fully saturated rings. The maximum Gasteiger partial charge on any atom is 0.247 e. The summed E-state index contributed by atoms with van der Waals surface area (Å²) in [5.41, 5.74) is 0.583. The molecule has 3 rings (SSSR count). The lowest BCUT2D eigenvalue weighted by molar-refractivity contribution is -0.119. The molecule has 6 nitrogen and oxygen atoms in total. The number of nitrogens with one attached hydrogen (secondary N) is 1. The van der Waals surface area contributed by atoms with Crippen molar-refractivity contribution in [3.8, 4) is 11.5 Å². The van der Waals surface area contributed by atoms with Gasteiger partial charge in [0.25, 0.3) is 0 Å². The first-order valence-electron chi connectivity index (χ1n) is 8.68. The summed E-state index contributed by atoms with van der Waals surface area (Å²) in [5, 5.41) is 11.0. The van der Waals surface area contributed by atoms with E-state index < -0.39 is 0 Å². The summed E-state index contributed by atoms with van der Waals surface area (Å²) < 4.78 is 19.0. The third-order valence-electron chi connectivity index (χ3n) is 4.48. The Hall–Kier alpha value is -2.28. The molecule has 2 aromatic rings. The average molecular weight is 346 g/mol. The van der Waals surface area contributed by atoms with Crippen molar-refractivity contribution in [3.05, 3.63) is 36.0 Å². The van der Waals surface area contributed by atoms with Gasteiger partial charge >= 0.3 is 0 Å².